The molecule has 19 heavy (non-hydrogen) atoms. The topological polar surface area (TPSA) is 39.2 Å². The van der Waals surface area contributed by atoms with Gasteiger partial charge in [-0.15, -0.1) is 0 Å². The van der Waals surface area contributed by atoms with Gasteiger partial charge in [0.1, 0.15) is 5.75 Å². The Hall–Kier alpha value is -1.38. The van der Waals surface area contributed by atoms with Gasteiger partial charge in [-0.05, 0) is 37.7 Å². The molecular weight excluding hydrogens is 238 g/mol. The minimum atomic E-state index is 0.182. The molecule has 104 valence electrons. The number of carbonyl (C=O) groups excluding carboxylic acids is 1. The number of pyridine rings is 1. The molecule has 1 aromatic heterocycles. The van der Waals surface area contributed by atoms with Crippen LogP contribution < -0.4 is 4.74 Å². The van der Waals surface area contributed by atoms with Crippen LogP contribution in [0, 0.1) is 11.8 Å². The van der Waals surface area contributed by atoms with E-state index in [0.717, 1.165) is 18.8 Å². The van der Waals surface area contributed by atoms with Crippen LogP contribution in [0.2, 0.25) is 0 Å². The van der Waals surface area contributed by atoms with Gasteiger partial charge in [-0.2, -0.15) is 0 Å². The van der Waals surface area contributed by atoms with Gasteiger partial charge in [-0.1, -0.05) is 19.8 Å². The summed E-state index contributed by atoms with van der Waals surface area (Å²) in [6, 6.07) is 1.80. The highest BCUT2D eigenvalue weighted by Crippen LogP contribution is 2.33. The van der Waals surface area contributed by atoms with E-state index in [-0.39, 0.29) is 11.7 Å². The zero-order chi connectivity index (χ0) is 13.7. The Kier molecular flexibility index (Phi) is 4.94. The van der Waals surface area contributed by atoms with E-state index in [2.05, 4.69) is 11.9 Å². The number of rotatable bonds is 5. The molecule has 0 radical (unpaired) electrons. The van der Waals surface area contributed by atoms with E-state index in [1.807, 2.05) is 0 Å². The van der Waals surface area contributed by atoms with Gasteiger partial charge in [0, 0.05) is 17.7 Å². The summed E-state index contributed by atoms with van der Waals surface area (Å²) >= 11 is 0. The van der Waals surface area contributed by atoms with E-state index in [0.29, 0.717) is 11.3 Å². The highest BCUT2D eigenvalue weighted by molar-refractivity contribution is 5.97. The maximum Gasteiger partial charge on any atom is 0.167 e. The summed E-state index contributed by atoms with van der Waals surface area (Å²) in [5, 5.41) is 0. The van der Waals surface area contributed by atoms with Gasteiger partial charge < -0.3 is 4.74 Å². The first kappa shape index (κ1) is 14.0. The number of ether oxygens (including phenoxy) is 1. The third-order valence-corrected chi connectivity index (χ3v) is 4.15. The molecule has 2 rings (SSSR count). The van der Waals surface area contributed by atoms with Crippen molar-refractivity contribution in [1.29, 1.82) is 0 Å². The molecule has 0 aliphatic heterocycles. The van der Waals surface area contributed by atoms with E-state index in [4.69, 9.17) is 4.74 Å². The van der Waals surface area contributed by atoms with Crippen LogP contribution in [0.25, 0.3) is 0 Å². The Bertz CT molecular complexity index is 423. The maximum absolute atomic E-state index is 12.4. The second-order valence-corrected chi connectivity index (χ2v) is 5.48. The van der Waals surface area contributed by atoms with E-state index in [9.17, 15) is 4.79 Å². The lowest BCUT2D eigenvalue weighted by Crippen LogP contribution is -2.22. The van der Waals surface area contributed by atoms with Crippen LogP contribution in [0.15, 0.2) is 18.5 Å². The second-order valence-electron chi connectivity index (χ2n) is 5.48. The molecule has 1 aromatic rings. The summed E-state index contributed by atoms with van der Waals surface area (Å²) < 4.78 is 5.13. The molecule has 3 heteroatoms. The number of nitrogens with zero attached hydrogens (tertiary/aromatic N) is 1. The SMILES string of the molecule is CCCC1CCC(C(=O)c2cncc(OC)c2)CC1. The van der Waals surface area contributed by atoms with Crippen LogP contribution in [0.1, 0.15) is 55.8 Å². The molecule has 0 saturated heterocycles. The van der Waals surface area contributed by atoms with E-state index in [1.165, 1.54) is 25.7 Å². The normalized spacial score (nSPS) is 23.1. The van der Waals surface area contributed by atoms with Crippen LogP contribution in [-0.2, 0) is 0 Å². The molecule has 1 fully saturated rings. The third kappa shape index (κ3) is 3.55. The minimum absolute atomic E-state index is 0.182. The fourth-order valence-corrected chi connectivity index (χ4v) is 3.02. The predicted octanol–water partition coefficient (Wildman–Crippen LogP) is 3.88. The van der Waals surface area contributed by atoms with Crippen molar-refractivity contribution in [3.8, 4) is 5.75 Å². The smallest absolute Gasteiger partial charge is 0.167 e. The lowest BCUT2D eigenvalue weighted by atomic mass is 9.77. The first-order chi connectivity index (χ1) is 9.24. The highest BCUT2D eigenvalue weighted by atomic mass is 16.5. The first-order valence-electron chi connectivity index (χ1n) is 7.27. The van der Waals surface area contributed by atoms with Crippen LogP contribution in [0.5, 0.6) is 5.75 Å². The molecule has 0 amide bonds. The minimum Gasteiger partial charge on any atom is -0.495 e. The zero-order valence-electron chi connectivity index (χ0n) is 11.9. The largest absolute Gasteiger partial charge is 0.495 e. The Morgan fingerprint density at radius 2 is 2.05 bits per heavy atom. The molecule has 1 aliphatic rings. The van der Waals surface area contributed by atoms with Gasteiger partial charge >= 0.3 is 0 Å². The fourth-order valence-electron chi connectivity index (χ4n) is 3.02. The Morgan fingerprint density at radius 3 is 2.68 bits per heavy atom. The van der Waals surface area contributed by atoms with Crippen LogP contribution in [0.4, 0.5) is 0 Å². The van der Waals surface area contributed by atoms with Crippen molar-refractivity contribution in [2.75, 3.05) is 7.11 Å². The lowest BCUT2D eigenvalue weighted by Gasteiger charge is -2.27. The molecule has 0 aromatic carbocycles. The monoisotopic (exact) mass is 261 g/mol. The van der Waals surface area contributed by atoms with Gasteiger partial charge in [-0.25, -0.2) is 0 Å². The second kappa shape index (κ2) is 6.69. The fraction of sp³-hybridized carbons (Fsp3) is 0.625. The number of aromatic nitrogens is 1. The van der Waals surface area contributed by atoms with Crippen molar-refractivity contribution in [1.82, 2.24) is 4.98 Å². The average Bonchev–Trinajstić information content (AvgIpc) is 2.48. The molecule has 0 unspecified atom stereocenters. The Morgan fingerprint density at radius 1 is 1.32 bits per heavy atom. The zero-order valence-corrected chi connectivity index (χ0v) is 11.9. The number of ketones is 1. The van der Waals surface area contributed by atoms with E-state index >= 15 is 0 Å². The maximum atomic E-state index is 12.4. The van der Waals surface area contributed by atoms with Crippen molar-refractivity contribution in [2.45, 2.75) is 45.4 Å². The standard InChI is InChI=1S/C16H23NO2/c1-3-4-12-5-7-13(8-6-12)16(18)14-9-15(19-2)11-17-10-14/h9-13H,3-8H2,1-2H3. The van der Waals surface area contributed by atoms with Crippen LogP contribution >= 0.6 is 0 Å². The van der Waals surface area contributed by atoms with Crippen molar-refractivity contribution in [3.05, 3.63) is 24.0 Å². The van der Waals surface area contributed by atoms with Crippen LogP contribution in [0.3, 0.4) is 0 Å². The molecule has 1 saturated carbocycles. The van der Waals surface area contributed by atoms with Crippen molar-refractivity contribution < 1.29 is 9.53 Å². The highest BCUT2D eigenvalue weighted by Gasteiger charge is 2.26. The molecule has 1 aliphatic carbocycles. The van der Waals surface area contributed by atoms with Gasteiger partial charge in [-0.3, -0.25) is 9.78 Å². The Balaban J connectivity index is 1.97. The van der Waals surface area contributed by atoms with Crippen molar-refractivity contribution in [3.63, 3.8) is 0 Å². The summed E-state index contributed by atoms with van der Waals surface area (Å²) in [6.45, 7) is 2.24. The number of hydrogen-bond acceptors (Lipinski definition) is 3. The Labute approximate surface area is 115 Å². The van der Waals surface area contributed by atoms with Gasteiger partial charge in [0.05, 0.1) is 13.3 Å². The summed E-state index contributed by atoms with van der Waals surface area (Å²) in [6.07, 6.45) is 10.3. The van der Waals surface area contributed by atoms with Crippen molar-refractivity contribution >= 4 is 5.78 Å². The van der Waals surface area contributed by atoms with E-state index < -0.39 is 0 Å². The number of methoxy groups -OCH3 is 1. The summed E-state index contributed by atoms with van der Waals surface area (Å²) in [4.78, 5) is 16.5. The van der Waals surface area contributed by atoms with Gasteiger partial charge in [0.2, 0.25) is 0 Å². The predicted molar refractivity (Wildman–Crippen MR) is 75.5 cm³/mol. The molecule has 1 heterocycles. The molecular formula is C16H23NO2. The summed E-state index contributed by atoms with van der Waals surface area (Å²) in [5.41, 5.74) is 0.693. The molecule has 0 bridgehead atoms. The van der Waals surface area contributed by atoms with Gasteiger partial charge in [0.25, 0.3) is 0 Å². The summed E-state index contributed by atoms with van der Waals surface area (Å²) in [7, 11) is 1.60. The lowest BCUT2D eigenvalue weighted by molar-refractivity contribution is 0.0869. The molecule has 3 nitrogen and oxygen atoms in total. The number of carbonyl (C=O) groups is 1. The number of hydrogen-bond donors (Lipinski definition) is 0. The number of Topliss-reactive ketones (excluding diaryl/α,β-unsaturated/α-hetero) is 1. The van der Waals surface area contributed by atoms with Crippen LogP contribution in [-0.4, -0.2) is 17.9 Å². The summed E-state index contributed by atoms with van der Waals surface area (Å²) in [5.74, 6) is 1.91. The van der Waals surface area contributed by atoms with Crippen molar-refractivity contribution in [2.24, 2.45) is 11.8 Å². The molecule has 0 N–H and O–H groups in total. The quantitative estimate of drug-likeness (QED) is 0.755. The van der Waals surface area contributed by atoms with E-state index in [1.54, 1.807) is 25.6 Å². The molecule has 0 spiro atoms. The average molecular weight is 261 g/mol. The molecule has 0 atom stereocenters. The third-order valence-electron chi connectivity index (χ3n) is 4.15. The first-order valence-corrected chi connectivity index (χ1v) is 7.27. The van der Waals surface area contributed by atoms with Gasteiger partial charge in [0.15, 0.2) is 5.78 Å².